The Labute approximate surface area is 164 Å². The van der Waals surface area contributed by atoms with Gasteiger partial charge in [-0.05, 0) is 37.0 Å². The van der Waals surface area contributed by atoms with Gasteiger partial charge in [0.05, 0.1) is 5.92 Å². The van der Waals surface area contributed by atoms with Gasteiger partial charge in [-0.25, -0.2) is 4.39 Å². The molecule has 2 aromatic rings. The van der Waals surface area contributed by atoms with Crippen LogP contribution in [0.4, 0.5) is 10.1 Å². The van der Waals surface area contributed by atoms with Crippen LogP contribution in [0.3, 0.4) is 0 Å². The van der Waals surface area contributed by atoms with Gasteiger partial charge in [0, 0.05) is 36.8 Å². The third-order valence-electron chi connectivity index (χ3n) is 5.71. The van der Waals surface area contributed by atoms with Crippen LogP contribution in [-0.2, 0) is 22.6 Å². The summed E-state index contributed by atoms with van der Waals surface area (Å²) < 4.78 is 14.1. The minimum Gasteiger partial charge on any atom is -0.335 e. The minimum absolute atomic E-state index is 0.0131. The van der Waals surface area contributed by atoms with Gasteiger partial charge in [-0.3, -0.25) is 9.59 Å². The van der Waals surface area contributed by atoms with Crippen molar-refractivity contribution in [1.29, 1.82) is 0 Å². The molecule has 2 aromatic carbocycles. The third-order valence-corrected chi connectivity index (χ3v) is 5.71. The average molecular weight is 380 g/mol. The van der Waals surface area contributed by atoms with E-state index in [0.717, 1.165) is 30.5 Å². The summed E-state index contributed by atoms with van der Waals surface area (Å²) in [5.74, 6) is -0.705. The maximum Gasteiger partial charge on any atom is 0.228 e. The highest BCUT2D eigenvalue weighted by atomic mass is 19.1. The van der Waals surface area contributed by atoms with Crippen LogP contribution in [0, 0.1) is 11.7 Å². The molecule has 1 saturated carbocycles. The number of hydrogen-bond acceptors (Lipinski definition) is 2. The summed E-state index contributed by atoms with van der Waals surface area (Å²) >= 11 is 0. The molecule has 0 bridgehead atoms. The lowest BCUT2D eigenvalue weighted by Crippen LogP contribution is -2.38. The van der Waals surface area contributed by atoms with Crippen molar-refractivity contribution < 1.29 is 14.0 Å². The first-order valence-corrected chi connectivity index (χ1v) is 10.0. The fourth-order valence-corrected chi connectivity index (χ4v) is 4.00. The highest BCUT2D eigenvalue weighted by Gasteiger charge is 2.41. The molecule has 4 nitrogen and oxygen atoms in total. The van der Waals surface area contributed by atoms with Gasteiger partial charge in [0.15, 0.2) is 0 Å². The largest absolute Gasteiger partial charge is 0.335 e. The molecule has 2 fully saturated rings. The monoisotopic (exact) mass is 380 g/mol. The molecule has 0 N–H and O–H groups in total. The second-order valence-corrected chi connectivity index (χ2v) is 7.68. The lowest BCUT2D eigenvalue weighted by molar-refractivity contribution is -0.137. The van der Waals surface area contributed by atoms with E-state index in [2.05, 4.69) is 6.92 Å². The smallest absolute Gasteiger partial charge is 0.228 e. The van der Waals surface area contributed by atoms with Crippen LogP contribution in [0.25, 0.3) is 0 Å². The Morgan fingerprint density at radius 3 is 2.46 bits per heavy atom. The number of nitrogens with zero attached hydrogens (tertiary/aromatic N) is 2. The number of hydrogen-bond donors (Lipinski definition) is 0. The normalized spacial score (nSPS) is 19.1. The number of benzene rings is 2. The number of carbonyl (C=O) groups excluding carboxylic acids is 2. The number of anilines is 1. The van der Waals surface area contributed by atoms with Gasteiger partial charge in [0.25, 0.3) is 0 Å². The highest BCUT2D eigenvalue weighted by Crippen LogP contribution is 2.34. The van der Waals surface area contributed by atoms with E-state index in [-0.39, 0.29) is 42.6 Å². The zero-order valence-corrected chi connectivity index (χ0v) is 16.1. The molecule has 5 heteroatoms. The zero-order valence-electron chi connectivity index (χ0n) is 16.1. The fourth-order valence-electron chi connectivity index (χ4n) is 4.00. The number of para-hydroxylation sites is 1. The Morgan fingerprint density at radius 1 is 1.11 bits per heavy atom. The van der Waals surface area contributed by atoms with Gasteiger partial charge in [0.2, 0.25) is 11.8 Å². The van der Waals surface area contributed by atoms with E-state index in [1.54, 1.807) is 28.0 Å². The van der Waals surface area contributed by atoms with Crippen LogP contribution >= 0.6 is 0 Å². The Balaban J connectivity index is 1.52. The van der Waals surface area contributed by atoms with E-state index in [1.165, 1.54) is 6.07 Å². The van der Waals surface area contributed by atoms with E-state index in [1.807, 2.05) is 24.3 Å². The van der Waals surface area contributed by atoms with Crippen molar-refractivity contribution in [3.8, 4) is 0 Å². The Kier molecular flexibility index (Phi) is 5.16. The summed E-state index contributed by atoms with van der Waals surface area (Å²) in [5, 5.41) is 0. The molecule has 1 saturated heterocycles. The molecule has 4 rings (SSSR count). The summed E-state index contributed by atoms with van der Waals surface area (Å²) in [7, 11) is 0. The summed E-state index contributed by atoms with van der Waals surface area (Å²) in [6.45, 7) is 2.73. The molecule has 0 spiro atoms. The predicted octanol–water partition coefficient (Wildman–Crippen LogP) is 3.93. The van der Waals surface area contributed by atoms with Crippen molar-refractivity contribution in [1.82, 2.24) is 4.90 Å². The number of halogens is 1. The van der Waals surface area contributed by atoms with Gasteiger partial charge in [-0.2, -0.15) is 0 Å². The van der Waals surface area contributed by atoms with Gasteiger partial charge in [-0.15, -0.1) is 0 Å². The number of aryl methyl sites for hydroxylation is 1. The average Bonchev–Trinajstić information content (AvgIpc) is 3.48. The third kappa shape index (κ3) is 3.66. The highest BCUT2D eigenvalue weighted by molar-refractivity contribution is 6.00. The number of amides is 2. The second-order valence-electron chi connectivity index (χ2n) is 7.68. The van der Waals surface area contributed by atoms with E-state index < -0.39 is 0 Å². The fraction of sp³-hybridized carbons (Fsp3) is 0.391. The van der Waals surface area contributed by atoms with E-state index in [0.29, 0.717) is 12.1 Å². The molecule has 1 aliphatic heterocycles. The standard InChI is InChI=1S/C23H25FN2O2/c1-2-16-7-4-6-10-21(16)26-15-18(13-22(26)27)23(28)25(19-11-12-19)14-17-8-3-5-9-20(17)24/h3-10,18-19H,2,11-15H2,1H3. The lowest BCUT2D eigenvalue weighted by Gasteiger charge is -2.26. The molecule has 2 aliphatic rings. The molecule has 0 aromatic heterocycles. The van der Waals surface area contributed by atoms with Crippen molar-refractivity contribution in [3.05, 3.63) is 65.5 Å². The SMILES string of the molecule is CCc1ccccc1N1CC(C(=O)N(Cc2ccccc2F)C2CC2)CC1=O. The first kappa shape index (κ1) is 18.7. The van der Waals surface area contributed by atoms with Crippen molar-refractivity contribution in [2.24, 2.45) is 5.92 Å². The molecule has 28 heavy (non-hydrogen) atoms. The molecule has 1 aliphatic carbocycles. The minimum atomic E-state index is -0.371. The zero-order chi connectivity index (χ0) is 19.7. The second kappa shape index (κ2) is 7.74. The van der Waals surface area contributed by atoms with Crippen LogP contribution < -0.4 is 4.90 Å². The topological polar surface area (TPSA) is 40.6 Å². The van der Waals surface area contributed by atoms with Gasteiger partial charge in [-0.1, -0.05) is 43.3 Å². The summed E-state index contributed by atoms with van der Waals surface area (Å²) in [4.78, 5) is 29.4. The van der Waals surface area contributed by atoms with Crippen molar-refractivity contribution >= 4 is 17.5 Å². The summed E-state index contributed by atoms with van der Waals surface area (Å²) in [6, 6.07) is 14.6. The molecular weight excluding hydrogens is 355 g/mol. The van der Waals surface area contributed by atoms with Crippen molar-refractivity contribution in [3.63, 3.8) is 0 Å². The maximum atomic E-state index is 14.1. The van der Waals surface area contributed by atoms with Gasteiger partial charge >= 0.3 is 0 Å². The first-order valence-electron chi connectivity index (χ1n) is 10.0. The maximum absolute atomic E-state index is 14.1. The predicted molar refractivity (Wildman–Crippen MR) is 106 cm³/mol. The number of carbonyl (C=O) groups is 2. The molecule has 1 atom stereocenters. The van der Waals surface area contributed by atoms with E-state index in [9.17, 15) is 14.0 Å². The molecule has 1 unspecified atom stereocenters. The quantitative estimate of drug-likeness (QED) is 0.762. The Morgan fingerprint density at radius 2 is 1.79 bits per heavy atom. The Hall–Kier alpha value is -2.69. The summed E-state index contributed by atoms with van der Waals surface area (Å²) in [5.41, 5.74) is 2.53. The van der Waals surface area contributed by atoms with Crippen LogP contribution in [-0.4, -0.2) is 29.3 Å². The molecule has 1 heterocycles. The molecule has 0 radical (unpaired) electrons. The van der Waals surface area contributed by atoms with Crippen LogP contribution in [0.15, 0.2) is 48.5 Å². The molecular formula is C23H25FN2O2. The van der Waals surface area contributed by atoms with Crippen molar-refractivity contribution in [2.45, 2.75) is 45.2 Å². The van der Waals surface area contributed by atoms with Crippen LogP contribution in [0.5, 0.6) is 0 Å². The Bertz CT molecular complexity index is 894. The van der Waals surface area contributed by atoms with Crippen LogP contribution in [0.2, 0.25) is 0 Å². The van der Waals surface area contributed by atoms with Gasteiger partial charge < -0.3 is 9.80 Å². The van der Waals surface area contributed by atoms with E-state index in [4.69, 9.17) is 0 Å². The van der Waals surface area contributed by atoms with Gasteiger partial charge in [0.1, 0.15) is 5.82 Å². The molecule has 2 amide bonds. The first-order chi connectivity index (χ1) is 13.6. The summed E-state index contributed by atoms with van der Waals surface area (Å²) in [6.07, 6.45) is 2.95. The molecule has 146 valence electrons. The lowest BCUT2D eigenvalue weighted by atomic mass is 10.1. The van der Waals surface area contributed by atoms with Crippen LogP contribution in [0.1, 0.15) is 37.3 Å². The van der Waals surface area contributed by atoms with E-state index >= 15 is 0 Å². The van der Waals surface area contributed by atoms with Crippen molar-refractivity contribution in [2.75, 3.05) is 11.4 Å². The number of rotatable bonds is 6.